The number of nitrogens with zero attached hydrogens (tertiary/aromatic N) is 2. The Morgan fingerprint density at radius 3 is 3.06 bits per heavy atom. The molecule has 0 aliphatic heterocycles. The summed E-state index contributed by atoms with van der Waals surface area (Å²) in [6.45, 7) is 2.98. The largest absolute Gasteiger partial charge is 0.347 e. The maximum atomic E-state index is 4.03. The Kier molecular flexibility index (Phi) is 2.03. The number of nitrogens with one attached hydrogen (secondary N) is 1. The minimum Gasteiger partial charge on any atom is -0.347 e. The first-order valence-corrected chi connectivity index (χ1v) is 5.36. The van der Waals surface area contributed by atoms with Crippen LogP contribution in [0.25, 0.3) is 10.9 Å². The van der Waals surface area contributed by atoms with Crippen LogP contribution in [-0.4, -0.2) is 14.5 Å². The molecule has 0 radical (unpaired) electrons. The Morgan fingerprint density at radius 1 is 1.31 bits per heavy atom. The molecule has 1 aromatic carbocycles. The Bertz CT molecular complexity index is 605. The molecule has 2 aromatic heterocycles. The topological polar surface area (TPSA) is 33.6 Å². The average Bonchev–Trinajstić information content (AvgIpc) is 2.90. The number of hydrogen-bond acceptors (Lipinski definition) is 1. The van der Waals surface area contributed by atoms with Gasteiger partial charge in [-0.2, -0.15) is 0 Å². The maximum Gasteiger partial charge on any atom is 0.0922 e. The number of fused-ring (bicyclic) bond motifs is 1. The third kappa shape index (κ3) is 1.41. The average molecular weight is 211 g/mol. The van der Waals surface area contributed by atoms with Crippen LogP contribution in [0.15, 0.2) is 43.0 Å². The summed E-state index contributed by atoms with van der Waals surface area (Å²) in [4.78, 5) is 7.15. The van der Waals surface area contributed by atoms with Crippen LogP contribution in [-0.2, 0) is 6.54 Å². The van der Waals surface area contributed by atoms with Crippen molar-refractivity contribution in [2.75, 3.05) is 0 Å². The van der Waals surface area contributed by atoms with Crippen molar-refractivity contribution < 1.29 is 0 Å². The lowest BCUT2D eigenvalue weighted by molar-refractivity contribution is 0.814. The van der Waals surface area contributed by atoms with E-state index in [4.69, 9.17) is 0 Å². The molecule has 3 aromatic rings. The highest BCUT2D eigenvalue weighted by atomic mass is 15.0. The Hall–Kier alpha value is -2.03. The van der Waals surface area contributed by atoms with Gasteiger partial charge in [0, 0.05) is 23.3 Å². The Balaban J connectivity index is 2.08. The second-order valence-corrected chi connectivity index (χ2v) is 4.03. The minimum absolute atomic E-state index is 0.840. The van der Waals surface area contributed by atoms with Gasteiger partial charge in [0.2, 0.25) is 0 Å². The zero-order chi connectivity index (χ0) is 11.0. The van der Waals surface area contributed by atoms with Gasteiger partial charge in [-0.3, -0.25) is 0 Å². The van der Waals surface area contributed by atoms with Gasteiger partial charge >= 0.3 is 0 Å². The first kappa shape index (κ1) is 9.21. The normalized spacial score (nSPS) is 11.1. The van der Waals surface area contributed by atoms with Crippen LogP contribution in [0.3, 0.4) is 0 Å². The Labute approximate surface area is 93.7 Å². The molecule has 0 aliphatic carbocycles. The maximum absolute atomic E-state index is 4.03. The van der Waals surface area contributed by atoms with Gasteiger partial charge in [-0.1, -0.05) is 12.1 Å². The molecule has 0 bridgehead atoms. The lowest BCUT2D eigenvalue weighted by atomic mass is 10.1. The van der Waals surface area contributed by atoms with E-state index in [1.54, 1.807) is 6.33 Å². The van der Waals surface area contributed by atoms with E-state index in [2.05, 4.69) is 51.9 Å². The van der Waals surface area contributed by atoms with E-state index >= 15 is 0 Å². The standard InChI is InChI=1S/C13H13N3/c1-10-3-2-4-13-12(10)5-6-16(13)8-11-7-14-9-15-11/h2-7,9H,8H2,1H3,(H,14,15). The van der Waals surface area contributed by atoms with E-state index in [9.17, 15) is 0 Å². The van der Waals surface area contributed by atoms with Gasteiger partial charge in [0.15, 0.2) is 0 Å². The molecule has 0 aliphatic rings. The van der Waals surface area contributed by atoms with Crippen molar-refractivity contribution >= 4 is 10.9 Å². The van der Waals surface area contributed by atoms with E-state index in [1.807, 2.05) is 6.20 Å². The minimum atomic E-state index is 0.840. The predicted molar refractivity (Wildman–Crippen MR) is 64.4 cm³/mol. The number of hydrogen-bond donors (Lipinski definition) is 1. The molecule has 0 saturated carbocycles. The van der Waals surface area contributed by atoms with E-state index in [-0.39, 0.29) is 0 Å². The van der Waals surface area contributed by atoms with Crippen molar-refractivity contribution in [3.63, 3.8) is 0 Å². The third-order valence-electron chi connectivity index (χ3n) is 2.93. The van der Waals surface area contributed by atoms with Gasteiger partial charge < -0.3 is 9.55 Å². The molecule has 16 heavy (non-hydrogen) atoms. The zero-order valence-electron chi connectivity index (χ0n) is 9.14. The number of aromatic amines is 1. The molecule has 80 valence electrons. The monoisotopic (exact) mass is 211 g/mol. The molecular formula is C13H13N3. The van der Waals surface area contributed by atoms with Crippen molar-refractivity contribution in [3.05, 3.63) is 54.2 Å². The predicted octanol–water partition coefficient (Wildman–Crippen LogP) is 2.72. The van der Waals surface area contributed by atoms with Crippen LogP contribution in [0.4, 0.5) is 0 Å². The molecule has 1 N–H and O–H groups in total. The molecule has 0 saturated heterocycles. The molecule has 3 heteroatoms. The van der Waals surface area contributed by atoms with Gasteiger partial charge in [-0.05, 0) is 24.6 Å². The summed E-state index contributed by atoms with van der Waals surface area (Å²) in [5.41, 5.74) is 3.72. The summed E-state index contributed by atoms with van der Waals surface area (Å²) >= 11 is 0. The zero-order valence-corrected chi connectivity index (χ0v) is 9.14. The summed E-state index contributed by atoms with van der Waals surface area (Å²) in [6.07, 6.45) is 5.70. The van der Waals surface area contributed by atoms with Crippen molar-refractivity contribution in [1.82, 2.24) is 14.5 Å². The third-order valence-corrected chi connectivity index (χ3v) is 2.93. The van der Waals surface area contributed by atoms with E-state index in [0.717, 1.165) is 12.2 Å². The van der Waals surface area contributed by atoms with Gasteiger partial charge in [0.1, 0.15) is 0 Å². The van der Waals surface area contributed by atoms with Crippen molar-refractivity contribution in [2.45, 2.75) is 13.5 Å². The highest BCUT2D eigenvalue weighted by Gasteiger charge is 2.03. The van der Waals surface area contributed by atoms with Crippen molar-refractivity contribution in [1.29, 1.82) is 0 Å². The number of rotatable bonds is 2. The molecule has 0 spiro atoms. The first-order chi connectivity index (χ1) is 7.84. The van der Waals surface area contributed by atoms with Crippen LogP contribution < -0.4 is 0 Å². The van der Waals surface area contributed by atoms with Gasteiger partial charge in [-0.15, -0.1) is 0 Å². The van der Waals surface area contributed by atoms with Crippen molar-refractivity contribution in [3.8, 4) is 0 Å². The fourth-order valence-electron chi connectivity index (χ4n) is 2.07. The quantitative estimate of drug-likeness (QED) is 0.694. The lowest BCUT2D eigenvalue weighted by Crippen LogP contribution is -1.97. The molecule has 3 nitrogen and oxygen atoms in total. The molecule has 0 atom stereocenters. The number of benzene rings is 1. The summed E-state index contributed by atoms with van der Waals surface area (Å²) < 4.78 is 2.23. The Morgan fingerprint density at radius 2 is 2.25 bits per heavy atom. The van der Waals surface area contributed by atoms with Crippen LogP contribution in [0.5, 0.6) is 0 Å². The molecule has 0 fully saturated rings. The second-order valence-electron chi connectivity index (χ2n) is 4.03. The molecule has 2 heterocycles. The number of H-pyrrole nitrogens is 1. The summed E-state index contributed by atoms with van der Waals surface area (Å²) in [5, 5.41) is 1.32. The summed E-state index contributed by atoms with van der Waals surface area (Å²) in [6, 6.07) is 8.56. The van der Waals surface area contributed by atoms with Gasteiger partial charge in [0.05, 0.1) is 18.6 Å². The first-order valence-electron chi connectivity index (χ1n) is 5.36. The lowest BCUT2D eigenvalue weighted by Gasteiger charge is -2.03. The van der Waals surface area contributed by atoms with E-state index < -0.39 is 0 Å². The molecule has 0 amide bonds. The summed E-state index contributed by atoms with van der Waals surface area (Å²) in [5.74, 6) is 0. The number of aromatic nitrogens is 3. The highest BCUT2D eigenvalue weighted by molar-refractivity contribution is 5.83. The van der Waals surface area contributed by atoms with Gasteiger partial charge in [-0.25, -0.2) is 4.98 Å². The number of aryl methyl sites for hydroxylation is 1. The van der Waals surface area contributed by atoms with Crippen LogP contribution >= 0.6 is 0 Å². The SMILES string of the molecule is Cc1cccc2c1ccn2Cc1cnc[nH]1. The summed E-state index contributed by atoms with van der Waals surface area (Å²) in [7, 11) is 0. The molecular weight excluding hydrogens is 198 g/mol. The fourth-order valence-corrected chi connectivity index (χ4v) is 2.07. The number of imidazole rings is 1. The van der Waals surface area contributed by atoms with Crippen LogP contribution in [0.1, 0.15) is 11.3 Å². The van der Waals surface area contributed by atoms with Crippen LogP contribution in [0, 0.1) is 6.92 Å². The molecule has 3 rings (SSSR count). The second kappa shape index (κ2) is 3.52. The van der Waals surface area contributed by atoms with E-state index in [1.165, 1.54) is 16.5 Å². The molecule has 0 unspecified atom stereocenters. The van der Waals surface area contributed by atoms with Crippen LogP contribution in [0.2, 0.25) is 0 Å². The van der Waals surface area contributed by atoms with E-state index in [0.29, 0.717) is 0 Å². The van der Waals surface area contributed by atoms with Crippen molar-refractivity contribution in [2.24, 2.45) is 0 Å². The smallest absolute Gasteiger partial charge is 0.0922 e. The highest BCUT2D eigenvalue weighted by Crippen LogP contribution is 2.20. The van der Waals surface area contributed by atoms with Gasteiger partial charge in [0.25, 0.3) is 0 Å². The fraction of sp³-hybridized carbons (Fsp3) is 0.154.